The second kappa shape index (κ2) is 10.9. The SMILES string of the molecule is CN(C)C(=O)[C@@]1(c2ccccc2)CCCC[C@H]1CO.O=C1OCC2CCCCC12c1ccccc1. The fourth-order valence-corrected chi connectivity index (χ4v) is 6.69. The molecule has 2 aromatic rings. The van der Waals surface area contributed by atoms with Gasteiger partial charge in [0.15, 0.2) is 0 Å². The van der Waals surface area contributed by atoms with Gasteiger partial charge in [0.25, 0.3) is 0 Å². The maximum absolute atomic E-state index is 12.8. The van der Waals surface area contributed by atoms with Crippen molar-refractivity contribution < 1.29 is 19.4 Å². The fraction of sp³-hybridized carbons (Fsp3) is 0.533. The van der Waals surface area contributed by atoms with Crippen LogP contribution in [0.25, 0.3) is 0 Å². The Labute approximate surface area is 209 Å². The normalized spacial score (nSPS) is 29.9. The van der Waals surface area contributed by atoms with Crippen LogP contribution in [0.4, 0.5) is 0 Å². The van der Waals surface area contributed by atoms with E-state index >= 15 is 0 Å². The zero-order valence-corrected chi connectivity index (χ0v) is 21.1. The average Bonchev–Trinajstić information content (AvgIpc) is 3.26. The molecule has 3 fully saturated rings. The van der Waals surface area contributed by atoms with Gasteiger partial charge in [-0.2, -0.15) is 0 Å². The predicted octanol–water partition coefficient (Wildman–Crippen LogP) is 4.87. The average molecular weight is 478 g/mol. The highest BCUT2D eigenvalue weighted by molar-refractivity contribution is 5.88. The number of aliphatic hydroxyl groups is 1. The minimum absolute atomic E-state index is 0.00315. The van der Waals surface area contributed by atoms with Crippen LogP contribution in [0.15, 0.2) is 60.7 Å². The molecule has 5 rings (SSSR count). The van der Waals surface area contributed by atoms with Crippen molar-refractivity contribution in [2.75, 3.05) is 27.3 Å². The zero-order valence-electron chi connectivity index (χ0n) is 21.1. The lowest BCUT2D eigenvalue weighted by Gasteiger charge is -2.44. The van der Waals surface area contributed by atoms with Crippen molar-refractivity contribution in [3.05, 3.63) is 71.8 Å². The van der Waals surface area contributed by atoms with E-state index in [4.69, 9.17) is 4.74 Å². The number of ether oxygens (including phenoxy) is 1. The summed E-state index contributed by atoms with van der Waals surface area (Å²) in [6.07, 6.45) is 8.35. The Bertz CT molecular complexity index is 992. The van der Waals surface area contributed by atoms with Crippen molar-refractivity contribution >= 4 is 11.9 Å². The Morgan fingerprint density at radius 2 is 1.51 bits per heavy atom. The van der Waals surface area contributed by atoms with Crippen LogP contribution in [0.5, 0.6) is 0 Å². The van der Waals surface area contributed by atoms with Crippen LogP contribution in [-0.2, 0) is 25.2 Å². The third-order valence-corrected chi connectivity index (χ3v) is 8.51. The molecule has 2 aromatic carbocycles. The molecule has 1 aliphatic heterocycles. The molecule has 5 heteroatoms. The molecule has 0 spiro atoms. The molecule has 188 valence electrons. The first-order valence-electron chi connectivity index (χ1n) is 13.1. The Morgan fingerprint density at radius 3 is 2.14 bits per heavy atom. The highest BCUT2D eigenvalue weighted by atomic mass is 16.5. The lowest BCUT2D eigenvalue weighted by molar-refractivity contribution is -0.143. The number of hydrogen-bond donors (Lipinski definition) is 1. The van der Waals surface area contributed by atoms with E-state index in [1.807, 2.05) is 48.5 Å². The van der Waals surface area contributed by atoms with E-state index in [0.717, 1.165) is 56.1 Å². The smallest absolute Gasteiger partial charge is 0.316 e. The summed E-state index contributed by atoms with van der Waals surface area (Å²) in [5.41, 5.74) is 1.34. The van der Waals surface area contributed by atoms with Gasteiger partial charge in [0, 0.05) is 32.5 Å². The van der Waals surface area contributed by atoms with E-state index in [1.165, 1.54) is 6.42 Å². The third kappa shape index (κ3) is 4.63. The van der Waals surface area contributed by atoms with Gasteiger partial charge in [-0.25, -0.2) is 0 Å². The van der Waals surface area contributed by atoms with Crippen LogP contribution in [0, 0.1) is 11.8 Å². The fourth-order valence-electron chi connectivity index (χ4n) is 6.69. The van der Waals surface area contributed by atoms with E-state index in [0.29, 0.717) is 12.5 Å². The molecular weight excluding hydrogens is 438 g/mol. The molecular formula is C30H39NO4. The van der Waals surface area contributed by atoms with E-state index < -0.39 is 5.41 Å². The second-order valence-electron chi connectivity index (χ2n) is 10.5. The molecule has 1 amide bonds. The minimum atomic E-state index is -0.544. The van der Waals surface area contributed by atoms with Gasteiger partial charge in [0.05, 0.1) is 17.4 Å². The van der Waals surface area contributed by atoms with Crippen molar-refractivity contribution in [2.24, 2.45) is 11.8 Å². The topological polar surface area (TPSA) is 66.8 Å². The summed E-state index contributed by atoms with van der Waals surface area (Å²) in [5, 5.41) is 9.75. The number of cyclic esters (lactones) is 1. The van der Waals surface area contributed by atoms with Crippen molar-refractivity contribution in [3.8, 4) is 0 Å². The molecule has 0 radical (unpaired) electrons. The van der Waals surface area contributed by atoms with E-state index in [-0.39, 0.29) is 29.8 Å². The number of benzene rings is 2. The van der Waals surface area contributed by atoms with Crippen molar-refractivity contribution in [1.29, 1.82) is 0 Å². The first-order valence-corrected chi connectivity index (χ1v) is 13.1. The number of fused-ring (bicyclic) bond motifs is 1. The number of likely N-dealkylation sites (N-methyl/N-ethyl adjacent to an activating group) is 1. The Balaban J connectivity index is 0.000000167. The molecule has 3 aliphatic rings. The van der Waals surface area contributed by atoms with Crippen molar-refractivity contribution in [1.82, 2.24) is 4.90 Å². The Kier molecular flexibility index (Phi) is 7.95. The van der Waals surface area contributed by atoms with Crippen LogP contribution in [0.1, 0.15) is 62.5 Å². The summed E-state index contributed by atoms with van der Waals surface area (Å²) in [5.74, 6) is 0.551. The summed E-state index contributed by atoms with van der Waals surface area (Å²) in [6, 6.07) is 20.1. The number of esters is 1. The van der Waals surface area contributed by atoms with Gasteiger partial charge in [-0.15, -0.1) is 0 Å². The summed E-state index contributed by atoms with van der Waals surface area (Å²) in [4.78, 5) is 26.6. The molecule has 4 atom stereocenters. The molecule has 2 aliphatic carbocycles. The maximum Gasteiger partial charge on any atom is 0.316 e. The number of nitrogens with zero attached hydrogens (tertiary/aromatic N) is 1. The highest BCUT2D eigenvalue weighted by Crippen LogP contribution is 2.48. The van der Waals surface area contributed by atoms with Gasteiger partial charge in [-0.3, -0.25) is 9.59 Å². The number of hydrogen-bond acceptors (Lipinski definition) is 4. The van der Waals surface area contributed by atoms with Gasteiger partial charge in [0.2, 0.25) is 5.91 Å². The van der Waals surface area contributed by atoms with E-state index in [1.54, 1.807) is 19.0 Å². The molecule has 5 nitrogen and oxygen atoms in total. The quantitative estimate of drug-likeness (QED) is 0.638. The lowest BCUT2D eigenvalue weighted by Crippen LogP contribution is -2.51. The van der Waals surface area contributed by atoms with Crippen LogP contribution in [0.2, 0.25) is 0 Å². The molecule has 0 aromatic heterocycles. The van der Waals surface area contributed by atoms with E-state index in [9.17, 15) is 14.7 Å². The lowest BCUT2D eigenvalue weighted by atomic mass is 9.62. The maximum atomic E-state index is 12.8. The first kappa shape index (κ1) is 25.4. The standard InChI is InChI=1S/C16H23NO2.C14H16O2/c1-17(2)15(19)16(13-8-4-3-5-9-13)11-7-6-10-14(16)12-18;15-13-14(11-6-2-1-3-7-11)9-5-4-8-12(14)10-16-13/h3-5,8-9,14,18H,6-7,10-12H2,1-2H3;1-3,6-7,12H,4-5,8-10H2/t14-,16+;/m0./s1. The van der Waals surface area contributed by atoms with Gasteiger partial charge < -0.3 is 14.7 Å². The van der Waals surface area contributed by atoms with Crippen molar-refractivity contribution in [2.45, 2.75) is 62.2 Å². The van der Waals surface area contributed by atoms with Gasteiger partial charge in [-0.05, 0) is 36.8 Å². The van der Waals surface area contributed by atoms with Crippen LogP contribution in [-0.4, -0.2) is 49.2 Å². The molecule has 35 heavy (non-hydrogen) atoms. The molecule has 1 N–H and O–H groups in total. The molecule has 2 unspecified atom stereocenters. The number of carbonyl (C=O) groups is 2. The van der Waals surface area contributed by atoms with Gasteiger partial charge in [-0.1, -0.05) is 86.3 Å². The number of rotatable bonds is 4. The van der Waals surface area contributed by atoms with Crippen molar-refractivity contribution in [3.63, 3.8) is 0 Å². The van der Waals surface area contributed by atoms with Crippen LogP contribution in [0.3, 0.4) is 0 Å². The van der Waals surface area contributed by atoms with Gasteiger partial charge >= 0.3 is 5.97 Å². The molecule has 1 heterocycles. The summed E-state index contributed by atoms with van der Waals surface area (Å²) >= 11 is 0. The third-order valence-electron chi connectivity index (χ3n) is 8.51. The number of amides is 1. The first-order chi connectivity index (χ1) is 17.0. The Morgan fingerprint density at radius 1 is 0.914 bits per heavy atom. The van der Waals surface area contributed by atoms with Crippen LogP contribution < -0.4 is 0 Å². The number of aliphatic hydroxyl groups excluding tert-OH is 1. The summed E-state index contributed by atoms with van der Waals surface area (Å²) in [7, 11) is 3.60. The van der Waals surface area contributed by atoms with Crippen LogP contribution >= 0.6 is 0 Å². The monoisotopic (exact) mass is 477 g/mol. The predicted molar refractivity (Wildman–Crippen MR) is 137 cm³/mol. The summed E-state index contributed by atoms with van der Waals surface area (Å²) in [6.45, 7) is 0.697. The molecule has 2 saturated carbocycles. The molecule has 1 saturated heterocycles. The highest BCUT2D eigenvalue weighted by Gasteiger charge is 2.54. The second-order valence-corrected chi connectivity index (χ2v) is 10.5. The van der Waals surface area contributed by atoms with E-state index in [2.05, 4.69) is 12.1 Å². The minimum Gasteiger partial charge on any atom is -0.465 e. The molecule has 0 bridgehead atoms. The number of carbonyl (C=O) groups excluding carboxylic acids is 2. The zero-order chi connectivity index (χ0) is 24.9. The summed E-state index contributed by atoms with van der Waals surface area (Å²) < 4.78 is 5.32. The largest absolute Gasteiger partial charge is 0.465 e. The van der Waals surface area contributed by atoms with Gasteiger partial charge in [0.1, 0.15) is 0 Å². The Hall–Kier alpha value is -2.66.